The minimum Gasteiger partial charge on any atom is -0.508 e. The van der Waals surface area contributed by atoms with E-state index in [1.807, 2.05) is 0 Å². The van der Waals surface area contributed by atoms with Crippen LogP contribution in [0.2, 0.25) is 0 Å². The van der Waals surface area contributed by atoms with Crippen LogP contribution in [0.15, 0.2) is 78.9 Å². The molecule has 2 saturated heterocycles. The van der Waals surface area contributed by atoms with Gasteiger partial charge in [0.05, 0.1) is 18.8 Å². The molecule has 2 aliphatic heterocycles. The number of carbonyl (C=O) groups is 13. The monoisotopic (exact) mass is 1390 g/mol. The number of thiol groups is 2. The van der Waals surface area contributed by atoms with Gasteiger partial charge < -0.3 is 94.7 Å². The van der Waals surface area contributed by atoms with Crippen LogP contribution in [0.5, 0.6) is 11.5 Å². The van der Waals surface area contributed by atoms with Gasteiger partial charge in [0.1, 0.15) is 78.0 Å². The first-order valence-corrected chi connectivity index (χ1v) is 33.0. The number of nitrogens with two attached hydrogens (primary N) is 2. The van der Waals surface area contributed by atoms with Crippen molar-refractivity contribution >= 4 is 102 Å². The molecule has 530 valence electrons. The van der Waals surface area contributed by atoms with Gasteiger partial charge in [-0.25, -0.2) is 0 Å². The Labute approximate surface area is 571 Å². The molecular weight excluding hydrogens is 1300 g/mol. The zero-order chi connectivity index (χ0) is 71.8. The van der Waals surface area contributed by atoms with Gasteiger partial charge >= 0.3 is 5.97 Å². The fraction of sp³-hybridized carbons (Fsp3) is 0.516. The highest BCUT2D eigenvalue weighted by molar-refractivity contribution is 7.80. The highest BCUT2D eigenvalue weighted by atomic mass is 32.1. The van der Waals surface area contributed by atoms with Gasteiger partial charge in [-0.2, -0.15) is 25.3 Å². The lowest BCUT2D eigenvalue weighted by Crippen LogP contribution is -2.63. The summed E-state index contributed by atoms with van der Waals surface area (Å²) in [4.78, 5) is 180. The van der Waals surface area contributed by atoms with Crippen LogP contribution in [0.3, 0.4) is 0 Å². The fourth-order valence-electron chi connectivity index (χ4n) is 10.8. The van der Waals surface area contributed by atoms with E-state index >= 15 is 0 Å². The molecule has 0 saturated carbocycles. The van der Waals surface area contributed by atoms with Crippen molar-refractivity contribution in [2.24, 2.45) is 17.4 Å². The van der Waals surface area contributed by atoms with E-state index in [4.69, 9.17) is 11.5 Å². The number of carboxylic acids is 1. The number of hydrogen-bond acceptors (Lipinski definition) is 20. The Morgan fingerprint density at radius 1 is 0.536 bits per heavy atom. The Morgan fingerprint density at radius 3 is 1.49 bits per heavy atom. The summed E-state index contributed by atoms with van der Waals surface area (Å²) in [6.07, 6.45) is -1.66. The quantitative estimate of drug-likeness (QED) is 0.0251. The molecule has 2 fully saturated rings. The summed E-state index contributed by atoms with van der Waals surface area (Å²) in [6.45, 7) is 4.78. The SMILES string of the molecule is CC[C@H](C)[C@H](NC(=O)[C@H](CO)NC(=O)[C@H](Cc1ccc(O)cc1)NC(=O)[C@@H](NC(=O)[C@H](CS)NC(=O)[C@@H](N)Cc1ccccc1)[C@@H](C)O)C(=O)N1CCC[C@H]1C(=O)N1CCC[C@H]1C(=O)N[C@@H](CCC(N)=O)C(=O)N[C@@H](CS)C(=O)N[C@@H](Cc1ccc(O)cc1)C(=O)N[C@@H](C)C(=O)O. The molecule has 18 N–H and O–H groups in total. The first-order chi connectivity index (χ1) is 46.0. The van der Waals surface area contributed by atoms with Gasteiger partial charge in [-0.3, -0.25) is 62.3 Å². The number of nitrogens with zero attached hydrogens (tertiary/aromatic N) is 2. The summed E-state index contributed by atoms with van der Waals surface area (Å²) in [5.74, 6) is -13.6. The van der Waals surface area contributed by atoms with Crippen LogP contribution >= 0.6 is 25.3 Å². The molecule has 0 aromatic heterocycles. The first kappa shape index (κ1) is 78.6. The molecule has 97 heavy (non-hydrogen) atoms. The molecule has 3 aromatic carbocycles. The Hall–Kier alpha value is -9.05. The topological polar surface area (TPSA) is 490 Å². The van der Waals surface area contributed by atoms with Crippen LogP contribution in [0.1, 0.15) is 89.3 Å². The minimum atomic E-state index is -1.79. The van der Waals surface area contributed by atoms with Gasteiger partial charge in [-0.1, -0.05) is 74.9 Å². The van der Waals surface area contributed by atoms with Gasteiger partial charge in [0.2, 0.25) is 70.9 Å². The van der Waals surface area contributed by atoms with E-state index in [0.29, 0.717) is 24.0 Å². The Kier molecular flexibility index (Phi) is 30.8. The second-order valence-electron chi connectivity index (χ2n) is 24.0. The van der Waals surface area contributed by atoms with Crippen molar-refractivity contribution in [3.8, 4) is 11.5 Å². The summed E-state index contributed by atoms with van der Waals surface area (Å²) in [6, 6.07) is 2.81. The third-order valence-electron chi connectivity index (χ3n) is 16.6. The summed E-state index contributed by atoms with van der Waals surface area (Å²) in [7, 11) is 0. The van der Waals surface area contributed by atoms with E-state index in [9.17, 15) is 87.9 Å². The number of hydrogen-bond donors (Lipinski definition) is 18. The van der Waals surface area contributed by atoms with Crippen molar-refractivity contribution in [2.45, 2.75) is 171 Å². The zero-order valence-corrected chi connectivity index (χ0v) is 56.0. The number of aliphatic hydroxyl groups excluding tert-OH is 2. The average Bonchev–Trinajstić information content (AvgIpc) is 1.69. The number of primary amides is 1. The largest absolute Gasteiger partial charge is 0.508 e. The molecule has 2 heterocycles. The maximum Gasteiger partial charge on any atom is 0.325 e. The number of amides is 12. The number of aliphatic carboxylic acids is 1. The third-order valence-corrected chi connectivity index (χ3v) is 17.4. The second-order valence-corrected chi connectivity index (χ2v) is 24.7. The van der Waals surface area contributed by atoms with Crippen LogP contribution < -0.4 is 59.3 Å². The number of phenolic OH excluding ortho intramolecular Hbond substituents is 2. The van der Waals surface area contributed by atoms with E-state index < -0.39 is 174 Å². The van der Waals surface area contributed by atoms with Gasteiger partial charge in [0.25, 0.3) is 0 Å². The molecule has 31 nitrogen and oxygen atoms in total. The minimum absolute atomic E-state index is 0.0290. The number of rotatable bonds is 36. The summed E-state index contributed by atoms with van der Waals surface area (Å²) < 4.78 is 0. The smallest absolute Gasteiger partial charge is 0.325 e. The molecule has 33 heteroatoms. The number of nitrogens with one attached hydrogen (secondary N) is 9. The lowest BCUT2D eigenvalue weighted by molar-refractivity contribution is -0.149. The molecule has 0 bridgehead atoms. The average molecular weight is 1390 g/mol. The van der Waals surface area contributed by atoms with Crippen LogP contribution in [0.4, 0.5) is 0 Å². The number of aliphatic hydroxyl groups is 2. The maximum absolute atomic E-state index is 14.8. The van der Waals surface area contributed by atoms with Gasteiger partial charge in [0.15, 0.2) is 0 Å². The maximum atomic E-state index is 14.8. The van der Waals surface area contributed by atoms with E-state index in [0.717, 1.165) is 5.56 Å². The van der Waals surface area contributed by atoms with E-state index in [1.165, 1.54) is 72.2 Å². The number of likely N-dealkylation sites (tertiary alicyclic amines) is 2. The lowest BCUT2D eigenvalue weighted by atomic mass is 9.96. The van der Waals surface area contributed by atoms with Crippen LogP contribution in [-0.4, -0.2) is 222 Å². The second kappa shape index (κ2) is 38.0. The molecule has 14 atom stereocenters. The molecular formula is C64H89N13O18S2. The Bertz CT molecular complexity index is 3260. The number of benzene rings is 3. The highest BCUT2D eigenvalue weighted by Gasteiger charge is 2.46. The molecule has 2 aliphatic rings. The van der Waals surface area contributed by atoms with Crippen molar-refractivity contribution in [2.75, 3.05) is 31.2 Å². The van der Waals surface area contributed by atoms with E-state index in [2.05, 4.69) is 73.1 Å². The fourth-order valence-corrected chi connectivity index (χ4v) is 11.3. The molecule has 5 rings (SSSR count). The highest BCUT2D eigenvalue weighted by Crippen LogP contribution is 2.27. The summed E-state index contributed by atoms with van der Waals surface area (Å²) in [5.41, 5.74) is 13.2. The Morgan fingerprint density at radius 2 is 0.979 bits per heavy atom. The number of carbonyl (C=O) groups excluding carboxylic acids is 12. The third kappa shape index (κ3) is 23.3. The van der Waals surface area contributed by atoms with E-state index in [1.54, 1.807) is 44.2 Å². The van der Waals surface area contributed by atoms with Crippen molar-refractivity contribution in [3.05, 3.63) is 95.6 Å². The van der Waals surface area contributed by atoms with Crippen molar-refractivity contribution in [3.63, 3.8) is 0 Å². The number of carboxylic acid groups (broad SMARTS) is 1. The summed E-state index contributed by atoms with van der Waals surface area (Å²) in [5, 5.41) is 72.9. The predicted octanol–water partition coefficient (Wildman–Crippen LogP) is -3.55. The zero-order valence-electron chi connectivity index (χ0n) is 54.2. The normalized spacial score (nSPS) is 18.0. The van der Waals surface area contributed by atoms with Crippen LogP contribution in [0, 0.1) is 5.92 Å². The van der Waals surface area contributed by atoms with Crippen molar-refractivity contribution in [1.82, 2.24) is 57.7 Å². The van der Waals surface area contributed by atoms with Crippen LogP contribution in [-0.2, 0) is 81.6 Å². The Balaban J connectivity index is 1.28. The number of aromatic hydroxyl groups is 2. The lowest BCUT2D eigenvalue weighted by Gasteiger charge is -2.35. The molecule has 3 aromatic rings. The van der Waals surface area contributed by atoms with Gasteiger partial charge in [0, 0.05) is 43.9 Å². The van der Waals surface area contributed by atoms with Crippen molar-refractivity contribution in [1.29, 1.82) is 0 Å². The predicted molar refractivity (Wildman–Crippen MR) is 356 cm³/mol. The summed E-state index contributed by atoms with van der Waals surface area (Å²) >= 11 is 8.42. The van der Waals surface area contributed by atoms with Gasteiger partial charge in [-0.05, 0) is 99.2 Å². The van der Waals surface area contributed by atoms with Crippen LogP contribution in [0.25, 0.3) is 0 Å². The number of phenols is 2. The van der Waals surface area contributed by atoms with Gasteiger partial charge in [-0.15, -0.1) is 0 Å². The van der Waals surface area contributed by atoms with E-state index in [-0.39, 0.29) is 81.0 Å². The molecule has 0 radical (unpaired) electrons. The molecule has 0 unspecified atom stereocenters. The first-order valence-electron chi connectivity index (χ1n) is 31.7. The molecule has 0 spiro atoms. The van der Waals surface area contributed by atoms with Crippen molar-refractivity contribution < 1.29 is 87.9 Å². The standard InChI is InChI=1S/C64H89N13O18S2/c1-5-33(2)51(74-57(87)45(30-78)71-56(86)44(29-38-17-21-40(81)22-18-38)70-61(91)52(35(4)79)75-59(89)47(32-97)72-53(83)41(65)27-36-11-7-6-8-12-36)63(93)77-26-10-14-49(77)62(92)76-25-9-13-48(76)60(90)68-42(23-24-50(66)82)54(84)73-46(31-96)58(88)69-43(55(85)67-34(3)64(94)95)28-37-15-19-39(80)20-16-37/h6-8,11-12,15-22,33-35,41-49,51-52,78-81,96-97H,5,9-10,13-14,23-32,65H2,1-4H3,(H2,66,82)(H,67,85)(H,68,90)(H,69,88)(H,70,91)(H,71,86)(H,72,83)(H,73,84)(H,74,87)(H,75,89)(H,94,95)/t33-,34-,35+,41-,42-,43-,44-,45-,46-,47-,48-,49-,51-,52-/m0/s1. The molecule has 12 amide bonds. The molecule has 0 aliphatic carbocycles.